The average molecular weight is 367 g/mol. The lowest BCUT2D eigenvalue weighted by Crippen LogP contribution is -3.11. The smallest absolute Gasteiger partial charge is 0.277 e. The second-order valence-corrected chi connectivity index (χ2v) is 7.63. The van der Waals surface area contributed by atoms with Gasteiger partial charge in [0.25, 0.3) is 17.7 Å². The van der Waals surface area contributed by atoms with Gasteiger partial charge >= 0.3 is 0 Å². The molecule has 1 aromatic heterocycles. The molecule has 0 spiro atoms. The van der Waals surface area contributed by atoms with Gasteiger partial charge < -0.3 is 20.0 Å². The highest BCUT2D eigenvalue weighted by molar-refractivity contribution is 7.12. The van der Waals surface area contributed by atoms with Crippen molar-refractivity contribution in [2.75, 3.05) is 46.3 Å². The topological polar surface area (TPSA) is 74.2 Å². The van der Waals surface area contributed by atoms with Crippen molar-refractivity contribution in [1.29, 1.82) is 0 Å². The lowest BCUT2D eigenvalue weighted by molar-refractivity contribution is -0.863. The van der Waals surface area contributed by atoms with Crippen LogP contribution in [-0.2, 0) is 9.59 Å². The Kier molecular flexibility index (Phi) is 6.95. The Bertz CT molecular complexity index is 595. The van der Waals surface area contributed by atoms with Crippen LogP contribution in [0.25, 0.3) is 0 Å². The molecule has 1 aliphatic rings. The predicted octanol–water partition coefficient (Wildman–Crippen LogP) is -0.928. The fourth-order valence-corrected chi connectivity index (χ4v) is 3.49. The van der Waals surface area contributed by atoms with Gasteiger partial charge in [0.1, 0.15) is 0 Å². The summed E-state index contributed by atoms with van der Waals surface area (Å²) in [6.45, 7) is 6.57. The minimum absolute atomic E-state index is 0.0260. The fourth-order valence-electron chi connectivity index (χ4n) is 2.79. The van der Waals surface area contributed by atoms with E-state index in [1.54, 1.807) is 9.80 Å². The Morgan fingerprint density at radius 2 is 1.80 bits per heavy atom. The number of rotatable bonds is 6. The molecule has 25 heavy (non-hydrogen) atoms. The molecule has 0 aliphatic carbocycles. The molecule has 0 saturated carbocycles. The van der Waals surface area contributed by atoms with Gasteiger partial charge in [-0.15, -0.1) is 11.3 Å². The number of nitrogens with zero attached hydrogens (tertiary/aromatic N) is 2. The summed E-state index contributed by atoms with van der Waals surface area (Å²) in [7, 11) is 1.84. The number of hydrogen-bond acceptors (Lipinski definition) is 4. The average Bonchev–Trinajstić information content (AvgIpc) is 3.07. The maximum Gasteiger partial charge on any atom is 0.277 e. The lowest BCUT2D eigenvalue weighted by Gasteiger charge is -2.34. The van der Waals surface area contributed by atoms with Crippen LogP contribution >= 0.6 is 11.3 Å². The van der Waals surface area contributed by atoms with E-state index in [4.69, 9.17) is 0 Å². The standard InChI is InChI=1S/C17H26N4O3S/c1-13(2)18-15(22)11-19(3)12-16(23)20-6-8-21(9-7-20)17(24)14-5-4-10-25-14/h4-5,10,13H,6-9,11-12H2,1-3H3,(H,18,22)/p+1. The second-order valence-electron chi connectivity index (χ2n) is 6.68. The largest absolute Gasteiger partial charge is 0.349 e. The number of hydrogen-bond donors (Lipinski definition) is 2. The number of amides is 3. The second kappa shape index (κ2) is 8.96. The van der Waals surface area contributed by atoms with Crippen LogP contribution in [0.5, 0.6) is 0 Å². The summed E-state index contributed by atoms with van der Waals surface area (Å²) >= 11 is 1.44. The molecular formula is C17H27N4O3S+. The number of likely N-dealkylation sites (N-methyl/N-ethyl adjacent to an activating group) is 1. The van der Waals surface area contributed by atoms with Crippen LogP contribution in [0.1, 0.15) is 23.5 Å². The Morgan fingerprint density at radius 3 is 2.36 bits per heavy atom. The highest BCUT2D eigenvalue weighted by Gasteiger charge is 2.27. The maximum atomic E-state index is 12.4. The minimum atomic E-state index is -0.0494. The van der Waals surface area contributed by atoms with Gasteiger partial charge in [0.2, 0.25) is 0 Å². The van der Waals surface area contributed by atoms with Crippen LogP contribution in [0.3, 0.4) is 0 Å². The molecule has 138 valence electrons. The first-order valence-corrected chi connectivity index (χ1v) is 9.46. The minimum Gasteiger partial charge on any atom is -0.349 e. The van der Waals surface area contributed by atoms with Crippen LogP contribution in [-0.4, -0.2) is 79.9 Å². The summed E-state index contributed by atoms with van der Waals surface area (Å²) in [5.74, 6) is 0.0138. The third kappa shape index (κ3) is 5.82. The predicted molar refractivity (Wildman–Crippen MR) is 96.7 cm³/mol. The van der Waals surface area contributed by atoms with E-state index in [0.29, 0.717) is 26.2 Å². The quantitative estimate of drug-likeness (QED) is 0.682. The zero-order valence-electron chi connectivity index (χ0n) is 15.1. The van der Waals surface area contributed by atoms with Crippen molar-refractivity contribution >= 4 is 29.1 Å². The zero-order valence-corrected chi connectivity index (χ0v) is 15.9. The Balaban J connectivity index is 1.75. The third-order valence-electron chi connectivity index (χ3n) is 4.02. The molecule has 2 N–H and O–H groups in total. The molecule has 2 heterocycles. The molecular weight excluding hydrogens is 340 g/mol. The van der Waals surface area contributed by atoms with Gasteiger partial charge in [0.15, 0.2) is 13.1 Å². The molecule has 8 heteroatoms. The van der Waals surface area contributed by atoms with Crippen molar-refractivity contribution in [3.8, 4) is 0 Å². The first-order chi connectivity index (χ1) is 11.9. The zero-order chi connectivity index (χ0) is 18.4. The molecule has 0 aromatic carbocycles. The fraction of sp³-hybridized carbons (Fsp3) is 0.588. The van der Waals surface area contributed by atoms with Crippen molar-refractivity contribution < 1.29 is 19.3 Å². The van der Waals surface area contributed by atoms with E-state index in [-0.39, 0.29) is 36.9 Å². The molecule has 2 rings (SSSR count). The molecule has 3 amide bonds. The molecule has 1 aromatic rings. The summed E-state index contributed by atoms with van der Waals surface area (Å²) in [4.78, 5) is 41.6. The van der Waals surface area contributed by atoms with Crippen molar-refractivity contribution in [3.63, 3.8) is 0 Å². The van der Waals surface area contributed by atoms with Crippen LogP contribution in [0, 0.1) is 0 Å². The monoisotopic (exact) mass is 367 g/mol. The summed E-state index contributed by atoms with van der Waals surface area (Å²) in [6, 6.07) is 3.79. The van der Waals surface area contributed by atoms with E-state index >= 15 is 0 Å². The molecule has 0 bridgehead atoms. The van der Waals surface area contributed by atoms with Gasteiger partial charge in [-0.3, -0.25) is 14.4 Å². The molecule has 0 radical (unpaired) electrons. The van der Waals surface area contributed by atoms with Gasteiger partial charge in [0, 0.05) is 32.2 Å². The molecule has 1 aliphatic heterocycles. The third-order valence-corrected chi connectivity index (χ3v) is 4.87. The van der Waals surface area contributed by atoms with E-state index in [9.17, 15) is 14.4 Å². The van der Waals surface area contributed by atoms with Gasteiger partial charge in [-0.2, -0.15) is 0 Å². The van der Waals surface area contributed by atoms with E-state index in [1.807, 2.05) is 38.4 Å². The summed E-state index contributed by atoms with van der Waals surface area (Å²) in [5, 5.41) is 4.72. The van der Waals surface area contributed by atoms with E-state index in [2.05, 4.69) is 5.32 Å². The first-order valence-electron chi connectivity index (χ1n) is 8.58. The highest BCUT2D eigenvalue weighted by atomic mass is 32.1. The molecule has 7 nitrogen and oxygen atoms in total. The highest BCUT2D eigenvalue weighted by Crippen LogP contribution is 2.13. The van der Waals surface area contributed by atoms with Crippen LogP contribution in [0.4, 0.5) is 0 Å². The molecule has 1 atom stereocenters. The number of nitrogens with one attached hydrogen (secondary N) is 2. The van der Waals surface area contributed by atoms with E-state index in [1.165, 1.54) is 11.3 Å². The summed E-state index contributed by atoms with van der Waals surface area (Å²) < 4.78 is 0. The molecule has 1 fully saturated rings. The molecule has 1 unspecified atom stereocenters. The lowest BCUT2D eigenvalue weighted by atomic mass is 10.2. The molecule has 1 saturated heterocycles. The maximum absolute atomic E-state index is 12.4. The normalized spacial score (nSPS) is 16.0. The van der Waals surface area contributed by atoms with Crippen molar-refractivity contribution in [1.82, 2.24) is 15.1 Å². The Morgan fingerprint density at radius 1 is 1.16 bits per heavy atom. The van der Waals surface area contributed by atoms with Crippen molar-refractivity contribution in [2.45, 2.75) is 19.9 Å². The van der Waals surface area contributed by atoms with Gasteiger partial charge in [0.05, 0.1) is 11.9 Å². The van der Waals surface area contributed by atoms with E-state index < -0.39 is 0 Å². The van der Waals surface area contributed by atoms with Gasteiger partial charge in [-0.1, -0.05) is 6.07 Å². The van der Waals surface area contributed by atoms with E-state index in [0.717, 1.165) is 9.78 Å². The van der Waals surface area contributed by atoms with Crippen LogP contribution in [0.15, 0.2) is 17.5 Å². The first kappa shape index (κ1) is 19.4. The van der Waals surface area contributed by atoms with Gasteiger partial charge in [-0.05, 0) is 25.3 Å². The summed E-state index contributed by atoms with van der Waals surface area (Å²) in [6.07, 6.45) is 0. The number of carbonyl (C=O) groups excluding carboxylic acids is 3. The van der Waals surface area contributed by atoms with Crippen LogP contribution in [0.2, 0.25) is 0 Å². The number of quaternary nitrogens is 1. The van der Waals surface area contributed by atoms with Crippen LogP contribution < -0.4 is 10.2 Å². The number of piperazine rings is 1. The Labute approximate surface area is 152 Å². The SMILES string of the molecule is CC(C)NC(=O)C[NH+](C)CC(=O)N1CCN(C(=O)c2cccs2)CC1. The Hall–Kier alpha value is -1.93. The van der Waals surface area contributed by atoms with Crippen molar-refractivity contribution in [2.24, 2.45) is 0 Å². The van der Waals surface area contributed by atoms with Crippen molar-refractivity contribution in [3.05, 3.63) is 22.4 Å². The van der Waals surface area contributed by atoms with Gasteiger partial charge in [-0.25, -0.2) is 0 Å². The number of thiophene rings is 1. The number of carbonyl (C=O) groups is 3. The summed E-state index contributed by atoms with van der Waals surface area (Å²) in [5.41, 5.74) is 0.